The van der Waals surface area contributed by atoms with Gasteiger partial charge in [0, 0.05) is 43.3 Å². The van der Waals surface area contributed by atoms with Crippen molar-refractivity contribution in [1.82, 2.24) is 9.88 Å². The molecule has 1 aromatic heterocycles. The maximum Gasteiger partial charge on any atom is 0.0697 e. The Morgan fingerprint density at radius 2 is 1.96 bits per heavy atom. The number of aromatic nitrogens is 1. The van der Waals surface area contributed by atoms with Crippen molar-refractivity contribution in [2.45, 2.75) is 25.0 Å². The van der Waals surface area contributed by atoms with E-state index < -0.39 is 0 Å². The monoisotopic (exact) mass is 403 g/mol. The Kier molecular flexibility index (Phi) is 5.19. The Morgan fingerprint density at radius 3 is 2.63 bits per heavy atom. The van der Waals surface area contributed by atoms with E-state index in [2.05, 4.69) is 47.3 Å². The van der Waals surface area contributed by atoms with E-state index in [0.29, 0.717) is 29.7 Å². The van der Waals surface area contributed by atoms with Crippen LogP contribution < -0.4 is 11.1 Å². The molecular weight excluding hydrogens is 381 g/mol. The Bertz CT molecular complexity index is 960. The van der Waals surface area contributed by atoms with Crippen molar-refractivity contribution < 1.29 is 4.74 Å². The Hall–Kier alpha value is -1.56. The van der Waals surface area contributed by atoms with E-state index in [4.69, 9.17) is 33.7 Å². The lowest BCUT2D eigenvalue weighted by Crippen LogP contribution is -2.42. The third-order valence-electron chi connectivity index (χ3n) is 5.58. The summed E-state index contributed by atoms with van der Waals surface area (Å²) in [4.78, 5) is 0. The first-order valence-corrected chi connectivity index (χ1v) is 9.84. The van der Waals surface area contributed by atoms with Gasteiger partial charge in [0.15, 0.2) is 0 Å². The van der Waals surface area contributed by atoms with Crippen molar-refractivity contribution in [2.75, 3.05) is 13.2 Å². The molecule has 3 N–H and O–H groups in total. The number of fused-ring (bicyclic) bond motifs is 1. The molecule has 1 saturated heterocycles. The zero-order valence-electron chi connectivity index (χ0n) is 15.3. The lowest BCUT2D eigenvalue weighted by Gasteiger charge is -2.30. The summed E-state index contributed by atoms with van der Waals surface area (Å²) in [5.74, 6) is 0. The summed E-state index contributed by atoms with van der Waals surface area (Å²) < 4.78 is 7.91. The van der Waals surface area contributed by atoms with Crippen molar-refractivity contribution in [1.29, 1.82) is 0 Å². The third kappa shape index (κ3) is 3.37. The predicted molar refractivity (Wildman–Crippen MR) is 111 cm³/mol. The van der Waals surface area contributed by atoms with Gasteiger partial charge in [0.05, 0.1) is 22.2 Å². The number of nitrogens with zero attached hydrogens (tertiary/aromatic N) is 1. The summed E-state index contributed by atoms with van der Waals surface area (Å²) in [5.41, 5.74) is 10.1. The average molecular weight is 404 g/mol. The van der Waals surface area contributed by atoms with E-state index >= 15 is 0 Å². The largest absolute Gasteiger partial charge is 0.379 e. The van der Waals surface area contributed by atoms with Gasteiger partial charge in [-0.2, -0.15) is 0 Å². The molecular formula is C21H23Cl2N3O. The van der Waals surface area contributed by atoms with Crippen LogP contribution in [-0.4, -0.2) is 17.8 Å². The van der Waals surface area contributed by atoms with Crippen LogP contribution in [0.2, 0.25) is 10.0 Å². The molecule has 4 rings (SSSR count). The van der Waals surface area contributed by atoms with Crippen LogP contribution in [0.15, 0.2) is 42.5 Å². The highest BCUT2D eigenvalue weighted by Gasteiger charge is 2.36. The fourth-order valence-corrected chi connectivity index (χ4v) is 4.21. The molecule has 0 bridgehead atoms. The molecule has 27 heavy (non-hydrogen) atoms. The lowest BCUT2D eigenvalue weighted by atomic mass is 9.88. The van der Waals surface area contributed by atoms with E-state index in [1.807, 2.05) is 12.1 Å². The van der Waals surface area contributed by atoms with Crippen LogP contribution in [0.25, 0.3) is 10.9 Å². The SMILES string of the molecule is Cn1c(CNC2(c3ccc(CN)cc3)CCOC2)cc2c(Cl)c(Cl)ccc21. The van der Waals surface area contributed by atoms with Crippen LogP contribution in [0.1, 0.15) is 23.2 Å². The number of aryl methyl sites for hydroxylation is 1. The zero-order chi connectivity index (χ0) is 19.0. The number of hydrogen-bond acceptors (Lipinski definition) is 3. The van der Waals surface area contributed by atoms with Crippen molar-refractivity contribution >= 4 is 34.1 Å². The Balaban J connectivity index is 1.63. The first-order chi connectivity index (χ1) is 13.0. The molecule has 1 fully saturated rings. The molecule has 6 heteroatoms. The minimum absolute atomic E-state index is 0.189. The van der Waals surface area contributed by atoms with Gasteiger partial charge in [-0.3, -0.25) is 5.32 Å². The van der Waals surface area contributed by atoms with Gasteiger partial charge < -0.3 is 15.0 Å². The quantitative estimate of drug-likeness (QED) is 0.665. The fraction of sp³-hybridized carbons (Fsp3) is 0.333. The second-order valence-corrected chi connectivity index (χ2v) is 7.91. The van der Waals surface area contributed by atoms with E-state index in [-0.39, 0.29) is 5.54 Å². The first-order valence-electron chi connectivity index (χ1n) is 9.09. The van der Waals surface area contributed by atoms with E-state index in [1.54, 1.807) is 0 Å². The van der Waals surface area contributed by atoms with E-state index in [0.717, 1.165) is 35.2 Å². The summed E-state index contributed by atoms with van der Waals surface area (Å²) in [6.45, 7) is 2.67. The number of hydrogen-bond donors (Lipinski definition) is 2. The van der Waals surface area contributed by atoms with Gasteiger partial charge in [0.25, 0.3) is 0 Å². The third-order valence-corrected chi connectivity index (χ3v) is 6.40. The molecule has 2 heterocycles. The number of benzene rings is 2. The highest BCUT2D eigenvalue weighted by molar-refractivity contribution is 6.45. The standard InChI is InChI=1S/C21H23Cl2N3O/c1-26-16(10-17-19(26)7-6-18(22)20(17)23)12-25-21(8-9-27-13-21)15-4-2-14(11-24)3-5-15/h2-7,10,25H,8-9,11-13,24H2,1H3. The van der Waals surface area contributed by atoms with Crippen molar-refractivity contribution in [3.05, 3.63) is 69.3 Å². The van der Waals surface area contributed by atoms with Gasteiger partial charge in [-0.1, -0.05) is 47.5 Å². The molecule has 3 aromatic rings. The molecule has 1 atom stereocenters. The van der Waals surface area contributed by atoms with E-state index in [1.165, 1.54) is 5.56 Å². The van der Waals surface area contributed by atoms with Gasteiger partial charge in [-0.25, -0.2) is 0 Å². The molecule has 1 aliphatic heterocycles. The number of ether oxygens (including phenoxy) is 1. The molecule has 0 saturated carbocycles. The normalized spacial score (nSPS) is 19.9. The van der Waals surface area contributed by atoms with Crippen molar-refractivity contribution in [3.8, 4) is 0 Å². The minimum atomic E-state index is -0.189. The van der Waals surface area contributed by atoms with Gasteiger partial charge in [-0.15, -0.1) is 0 Å². The van der Waals surface area contributed by atoms with Gasteiger partial charge >= 0.3 is 0 Å². The Morgan fingerprint density at radius 1 is 1.19 bits per heavy atom. The van der Waals surface area contributed by atoms with Crippen LogP contribution in [0.3, 0.4) is 0 Å². The second-order valence-electron chi connectivity index (χ2n) is 7.13. The number of rotatable bonds is 5. The zero-order valence-corrected chi connectivity index (χ0v) is 16.8. The Labute approximate surface area is 169 Å². The summed E-state index contributed by atoms with van der Waals surface area (Å²) in [5, 5.41) is 5.91. The summed E-state index contributed by atoms with van der Waals surface area (Å²) in [6, 6.07) is 14.5. The smallest absolute Gasteiger partial charge is 0.0697 e. The summed E-state index contributed by atoms with van der Waals surface area (Å²) >= 11 is 12.6. The molecule has 142 valence electrons. The van der Waals surface area contributed by atoms with Crippen LogP contribution in [0.5, 0.6) is 0 Å². The second kappa shape index (κ2) is 7.46. The van der Waals surface area contributed by atoms with Gasteiger partial charge in [0.2, 0.25) is 0 Å². The predicted octanol–water partition coefficient (Wildman–Crippen LogP) is 4.35. The van der Waals surface area contributed by atoms with Gasteiger partial charge in [0.1, 0.15) is 0 Å². The molecule has 0 aliphatic carbocycles. The highest BCUT2D eigenvalue weighted by Crippen LogP contribution is 2.34. The first kappa shape index (κ1) is 18.8. The van der Waals surface area contributed by atoms with Crippen molar-refractivity contribution in [3.63, 3.8) is 0 Å². The maximum absolute atomic E-state index is 6.39. The topological polar surface area (TPSA) is 52.2 Å². The molecule has 0 spiro atoms. The highest BCUT2D eigenvalue weighted by atomic mass is 35.5. The fourth-order valence-electron chi connectivity index (χ4n) is 3.83. The minimum Gasteiger partial charge on any atom is -0.379 e. The van der Waals surface area contributed by atoms with Crippen LogP contribution in [0.4, 0.5) is 0 Å². The molecule has 2 aromatic carbocycles. The van der Waals surface area contributed by atoms with Crippen molar-refractivity contribution in [2.24, 2.45) is 12.8 Å². The van der Waals surface area contributed by atoms with Gasteiger partial charge in [-0.05, 0) is 35.7 Å². The summed E-state index contributed by atoms with van der Waals surface area (Å²) in [6.07, 6.45) is 0.936. The maximum atomic E-state index is 6.39. The molecule has 1 unspecified atom stereocenters. The molecule has 1 aliphatic rings. The van der Waals surface area contributed by atoms with Crippen LogP contribution >= 0.6 is 23.2 Å². The van der Waals surface area contributed by atoms with Crippen LogP contribution in [0, 0.1) is 0 Å². The molecule has 4 nitrogen and oxygen atoms in total. The average Bonchev–Trinajstić information content (AvgIpc) is 3.29. The summed E-state index contributed by atoms with van der Waals surface area (Å²) in [7, 11) is 2.05. The number of nitrogens with two attached hydrogens (primary N) is 1. The number of halogens is 2. The van der Waals surface area contributed by atoms with Crippen LogP contribution in [-0.2, 0) is 30.4 Å². The molecule has 0 amide bonds. The lowest BCUT2D eigenvalue weighted by molar-refractivity contribution is 0.165. The number of nitrogens with one attached hydrogen (secondary N) is 1. The van der Waals surface area contributed by atoms with E-state index in [9.17, 15) is 0 Å². The molecule has 0 radical (unpaired) electrons.